The van der Waals surface area contributed by atoms with Crippen LogP contribution in [0.5, 0.6) is 0 Å². The number of phosphoric acid groups is 2. The Hall–Kier alpha value is 1.41. The van der Waals surface area contributed by atoms with Crippen molar-refractivity contribution >= 4 is 15.6 Å². The summed E-state index contributed by atoms with van der Waals surface area (Å²) >= 11 is 0. The minimum Gasteiger partial charge on any atom is -0.822 e. The molecule has 0 aromatic heterocycles. The summed E-state index contributed by atoms with van der Waals surface area (Å²) in [7, 11) is -10.0. The molecule has 8 nitrogen and oxygen atoms in total. The fourth-order valence-electron chi connectivity index (χ4n) is 0. The predicted octanol–water partition coefficient (Wildman–Crippen LogP) is -3.75. The number of rotatable bonds is 0. The molecule has 0 rings (SSSR count). The van der Waals surface area contributed by atoms with Gasteiger partial charge in [-0.25, -0.2) is 4.57 Å². The van der Waals surface area contributed by atoms with Crippen LogP contribution in [0.1, 0.15) is 0 Å². The molecule has 0 fully saturated rings. The predicted molar refractivity (Wildman–Crippen MR) is 21.9 cm³/mol. The fraction of sp³-hybridized carbons (Fsp3) is 0. The van der Waals surface area contributed by atoms with Gasteiger partial charge in [-0.2, -0.15) is 7.82 Å². The van der Waals surface area contributed by atoms with Gasteiger partial charge in [-0.3, -0.25) is 0 Å². The van der Waals surface area contributed by atoms with Crippen molar-refractivity contribution < 1.29 is 74.1 Å². The second kappa shape index (κ2) is 6.88. The van der Waals surface area contributed by atoms with Crippen molar-refractivity contribution in [2.75, 3.05) is 0 Å². The van der Waals surface area contributed by atoms with E-state index >= 15 is 0 Å². The first-order chi connectivity index (χ1) is 4.00. The largest absolute Gasteiger partial charge is 3.00 e. The van der Waals surface area contributed by atoms with Gasteiger partial charge in [-0.15, -0.1) is 0 Å². The van der Waals surface area contributed by atoms with Crippen molar-refractivity contribution in [2.24, 2.45) is 0 Å². The maximum atomic E-state index is 8.88. The Bertz CT molecular complexity index is 124. The van der Waals surface area contributed by atoms with Gasteiger partial charge in [-0.1, -0.05) is 0 Å². The zero-order valence-corrected chi connectivity index (χ0v) is 10.3. The summed E-state index contributed by atoms with van der Waals surface area (Å²) in [5.74, 6) is 0. The molecule has 0 spiro atoms. The van der Waals surface area contributed by atoms with Crippen LogP contribution in [0.15, 0.2) is 0 Å². The first-order valence-electron chi connectivity index (χ1n) is 1.51. The average Bonchev–Trinajstić information content (AvgIpc) is 1.12. The summed E-state index contributed by atoms with van der Waals surface area (Å²) in [5, 5.41) is 0. The average molecular weight is 332 g/mol. The van der Waals surface area contributed by atoms with Crippen LogP contribution in [0.25, 0.3) is 0 Å². The van der Waals surface area contributed by atoms with Crippen LogP contribution in [-0.2, 0) is 9.13 Å². The van der Waals surface area contributed by atoms with E-state index < -0.39 is 15.6 Å². The van der Waals surface area contributed by atoms with E-state index in [0.717, 1.165) is 0 Å². The molecule has 64 valence electrons. The van der Waals surface area contributed by atoms with Crippen LogP contribution in [0, 0.1) is 35.6 Å². The first-order valence-corrected chi connectivity index (χ1v) is 4.54. The SMILES string of the molecule is O=P(O)(O)O.O=P([O-])([O-])[O-].[La+3]. The Kier molecular flexibility index (Phi) is 11.4. The summed E-state index contributed by atoms with van der Waals surface area (Å²) in [6.07, 6.45) is 0. The maximum Gasteiger partial charge on any atom is 3.00 e. The van der Waals surface area contributed by atoms with E-state index in [1.807, 2.05) is 0 Å². The molecule has 0 aliphatic carbocycles. The van der Waals surface area contributed by atoms with Crippen LogP contribution < -0.4 is 14.7 Å². The van der Waals surface area contributed by atoms with E-state index in [0.29, 0.717) is 0 Å². The third kappa shape index (κ3) is 505. The molecule has 11 heteroatoms. The van der Waals surface area contributed by atoms with E-state index in [1.54, 1.807) is 0 Å². The molecule has 0 unspecified atom stereocenters. The van der Waals surface area contributed by atoms with E-state index in [2.05, 4.69) is 0 Å². The van der Waals surface area contributed by atoms with E-state index in [9.17, 15) is 0 Å². The maximum absolute atomic E-state index is 8.88. The van der Waals surface area contributed by atoms with Crippen LogP contribution in [0.4, 0.5) is 0 Å². The molecule has 0 aromatic rings. The molecule has 0 aliphatic rings. The van der Waals surface area contributed by atoms with Gasteiger partial charge in [0, 0.05) is 0 Å². The molecule has 0 atom stereocenters. The monoisotopic (exact) mass is 332 g/mol. The van der Waals surface area contributed by atoms with Gasteiger partial charge < -0.3 is 33.9 Å². The van der Waals surface area contributed by atoms with E-state index in [1.165, 1.54) is 0 Å². The Morgan fingerprint density at radius 2 is 0.909 bits per heavy atom. The summed E-state index contributed by atoms with van der Waals surface area (Å²) in [5.41, 5.74) is 0. The molecule has 0 saturated carbocycles. The molecule has 0 radical (unpaired) electrons. The Morgan fingerprint density at radius 3 is 0.909 bits per heavy atom. The Labute approximate surface area is 89.3 Å². The first kappa shape index (κ1) is 18.2. The standard InChI is InChI=1S/La.2H3O4P/c;2*1-5(2,3)4/h;2*(H3,1,2,3,4)/q+3;;/p-3. The van der Waals surface area contributed by atoms with Gasteiger partial charge >= 0.3 is 43.4 Å². The third-order valence-electron chi connectivity index (χ3n) is 0. The Morgan fingerprint density at radius 1 is 0.909 bits per heavy atom. The quantitative estimate of drug-likeness (QED) is 0.381. The number of hydrogen-bond donors (Lipinski definition) is 3. The smallest absolute Gasteiger partial charge is 0.822 e. The van der Waals surface area contributed by atoms with Crippen LogP contribution in [-0.4, -0.2) is 14.7 Å². The minimum atomic E-state index is -5.39. The van der Waals surface area contributed by atoms with Crippen LogP contribution in [0.3, 0.4) is 0 Å². The minimum absolute atomic E-state index is 0. The van der Waals surface area contributed by atoms with Crippen molar-refractivity contribution in [3.8, 4) is 0 Å². The molecular weight excluding hydrogens is 329 g/mol. The van der Waals surface area contributed by atoms with Gasteiger partial charge in [0.05, 0.1) is 0 Å². The van der Waals surface area contributed by atoms with Gasteiger partial charge in [0.2, 0.25) is 0 Å². The van der Waals surface area contributed by atoms with E-state index in [4.69, 9.17) is 38.5 Å². The summed E-state index contributed by atoms with van der Waals surface area (Å²) in [4.78, 5) is 47.2. The molecular formula is H3LaO8P2. The normalized spacial score (nSPS) is 10.7. The zero-order valence-electron chi connectivity index (χ0n) is 4.85. The number of hydrogen-bond acceptors (Lipinski definition) is 5. The van der Waals surface area contributed by atoms with Crippen molar-refractivity contribution in [3.05, 3.63) is 0 Å². The summed E-state index contributed by atoms with van der Waals surface area (Å²) in [6, 6.07) is 0. The topological polar surface area (TPSA) is 164 Å². The van der Waals surface area contributed by atoms with Crippen molar-refractivity contribution in [2.45, 2.75) is 0 Å². The van der Waals surface area contributed by atoms with Crippen LogP contribution in [0.2, 0.25) is 0 Å². The van der Waals surface area contributed by atoms with Crippen molar-refractivity contribution in [3.63, 3.8) is 0 Å². The third-order valence-corrected chi connectivity index (χ3v) is 0. The van der Waals surface area contributed by atoms with Gasteiger partial charge in [0.25, 0.3) is 0 Å². The summed E-state index contributed by atoms with van der Waals surface area (Å²) < 4.78 is 17.4. The summed E-state index contributed by atoms with van der Waals surface area (Å²) in [6.45, 7) is 0. The van der Waals surface area contributed by atoms with Gasteiger partial charge in [0.1, 0.15) is 0 Å². The van der Waals surface area contributed by atoms with Crippen LogP contribution >= 0.6 is 15.6 Å². The van der Waals surface area contributed by atoms with Gasteiger partial charge in [-0.05, 0) is 0 Å². The van der Waals surface area contributed by atoms with Crippen molar-refractivity contribution in [1.82, 2.24) is 0 Å². The van der Waals surface area contributed by atoms with E-state index in [-0.39, 0.29) is 35.6 Å². The molecule has 0 aliphatic heterocycles. The Balaban J connectivity index is -0.000000107. The molecule has 3 N–H and O–H groups in total. The molecule has 0 saturated heterocycles. The second-order valence-corrected chi connectivity index (χ2v) is 2.88. The second-order valence-electron chi connectivity index (χ2n) is 0.960. The molecule has 0 bridgehead atoms. The molecule has 0 heterocycles. The zero-order chi connectivity index (χ0) is 9.00. The molecule has 0 amide bonds. The fourth-order valence-corrected chi connectivity index (χ4v) is 0. The van der Waals surface area contributed by atoms with Crippen molar-refractivity contribution in [1.29, 1.82) is 0 Å². The molecule has 11 heavy (non-hydrogen) atoms. The van der Waals surface area contributed by atoms with Gasteiger partial charge in [0.15, 0.2) is 0 Å². The molecule has 0 aromatic carbocycles.